The van der Waals surface area contributed by atoms with Crippen molar-refractivity contribution in [3.05, 3.63) is 27.7 Å². The minimum atomic E-state index is 0.0332. The van der Waals surface area contributed by atoms with Crippen molar-refractivity contribution < 1.29 is 9.84 Å². The summed E-state index contributed by atoms with van der Waals surface area (Å²) in [5, 5.41) is 13.0. The van der Waals surface area contributed by atoms with Crippen LogP contribution in [0.5, 0.6) is 5.75 Å². The maximum Gasteiger partial charge on any atom is 0.156 e. The first-order valence-corrected chi connectivity index (χ1v) is 5.70. The first-order valence-electron chi connectivity index (χ1n) is 4.95. The molecule has 0 heterocycles. The minimum Gasteiger partial charge on any atom is -0.494 e. The van der Waals surface area contributed by atoms with E-state index in [0.717, 1.165) is 5.56 Å². The van der Waals surface area contributed by atoms with Gasteiger partial charge in [0, 0.05) is 12.6 Å². The zero-order valence-corrected chi connectivity index (χ0v) is 10.8. The van der Waals surface area contributed by atoms with Gasteiger partial charge in [-0.3, -0.25) is 0 Å². The number of methoxy groups -OCH3 is 1. The third-order valence-electron chi connectivity index (χ3n) is 2.39. The number of aliphatic hydroxyl groups is 1. The summed E-state index contributed by atoms with van der Waals surface area (Å²) >= 11 is 12.1. The molecule has 1 atom stereocenters. The van der Waals surface area contributed by atoms with Crippen molar-refractivity contribution in [2.75, 3.05) is 20.8 Å². The molecule has 1 unspecified atom stereocenters. The Balaban J connectivity index is 3.06. The number of hydrogen-bond donors (Lipinski definition) is 2. The number of halogens is 2. The van der Waals surface area contributed by atoms with Gasteiger partial charge in [-0.15, -0.1) is 0 Å². The first kappa shape index (κ1) is 13.6. The normalized spacial score (nSPS) is 12.6. The lowest BCUT2D eigenvalue weighted by Crippen LogP contribution is -2.17. The smallest absolute Gasteiger partial charge is 0.156 e. The lowest BCUT2D eigenvalue weighted by Gasteiger charge is -2.17. The predicted octanol–water partition coefficient (Wildman–Crippen LogP) is 2.64. The van der Waals surface area contributed by atoms with E-state index in [9.17, 15) is 0 Å². The number of benzene rings is 1. The van der Waals surface area contributed by atoms with E-state index in [0.29, 0.717) is 22.2 Å². The number of aliphatic hydroxyl groups excluding tert-OH is 1. The summed E-state index contributed by atoms with van der Waals surface area (Å²) in [7, 11) is 3.35. The Labute approximate surface area is 105 Å². The molecule has 0 amide bonds. The Morgan fingerprint density at radius 3 is 2.31 bits per heavy atom. The molecule has 16 heavy (non-hydrogen) atoms. The highest BCUT2D eigenvalue weighted by Gasteiger charge is 2.14. The molecule has 0 saturated heterocycles. The van der Waals surface area contributed by atoms with Crippen LogP contribution in [0.25, 0.3) is 0 Å². The van der Waals surface area contributed by atoms with Crippen LogP contribution in [-0.4, -0.2) is 25.9 Å². The fraction of sp³-hybridized carbons (Fsp3) is 0.455. The fourth-order valence-electron chi connectivity index (χ4n) is 1.58. The Bertz CT molecular complexity index is 335. The predicted molar refractivity (Wildman–Crippen MR) is 66.5 cm³/mol. The molecule has 1 rings (SSSR count). The van der Waals surface area contributed by atoms with Crippen molar-refractivity contribution in [1.29, 1.82) is 0 Å². The third kappa shape index (κ3) is 3.01. The van der Waals surface area contributed by atoms with E-state index in [4.69, 9.17) is 33.0 Å². The minimum absolute atomic E-state index is 0.0332. The lowest BCUT2D eigenvalue weighted by molar-refractivity contribution is 0.269. The van der Waals surface area contributed by atoms with Gasteiger partial charge in [-0.05, 0) is 31.2 Å². The van der Waals surface area contributed by atoms with Crippen molar-refractivity contribution in [1.82, 2.24) is 5.32 Å². The van der Waals surface area contributed by atoms with Crippen LogP contribution >= 0.6 is 23.2 Å². The third-order valence-corrected chi connectivity index (χ3v) is 2.95. The summed E-state index contributed by atoms with van der Waals surface area (Å²) in [6.07, 6.45) is 0.607. The van der Waals surface area contributed by atoms with Crippen molar-refractivity contribution in [3.63, 3.8) is 0 Å². The topological polar surface area (TPSA) is 41.5 Å². The van der Waals surface area contributed by atoms with Crippen molar-refractivity contribution in [2.45, 2.75) is 12.5 Å². The summed E-state index contributed by atoms with van der Waals surface area (Å²) in [6, 6.07) is 3.62. The van der Waals surface area contributed by atoms with Crippen LogP contribution in [0.3, 0.4) is 0 Å². The van der Waals surface area contributed by atoms with Gasteiger partial charge in [0.15, 0.2) is 5.75 Å². The van der Waals surface area contributed by atoms with Crippen molar-refractivity contribution in [2.24, 2.45) is 0 Å². The van der Waals surface area contributed by atoms with Gasteiger partial charge in [-0.1, -0.05) is 23.2 Å². The molecule has 0 spiro atoms. The summed E-state index contributed by atoms with van der Waals surface area (Å²) in [6.45, 7) is 0.104. The van der Waals surface area contributed by atoms with E-state index in [-0.39, 0.29) is 12.6 Å². The number of hydrogen-bond acceptors (Lipinski definition) is 3. The van der Waals surface area contributed by atoms with Gasteiger partial charge in [0.2, 0.25) is 0 Å². The summed E-state index contributed by atoms with van der Waals surface area (Å²) in [5.74, 6) is 0.478. The lowest BCUT2D eigenvalue weighted by atomic mass is 10.0. The quantitative estimate of drug-likeness (QED) is 0.859. The van der Waals surface area contributed by atoms with Crippen LogP contribution < -0.4 is 10.1 Å². The number of nitrogens with one attached hydrogen (secondary N) is 1. The first-order chi connectivity index (χ1) is 7.63. The van der Waals surface area contributed by atoms with Crippen LogP contribution in [0.15, 0.2) is 12.1 Å². The van der Waals surface area contributed by atoms with Crippen molar-refractivity contribution in [3.8, 4) is 5.75 Å². The van der Waals surface area contributed by atoms with Gasteiger partial charge in [0.1, 0.15) is 0 Å². The van der Waals surface area contributed by atoms with Crippen molar-refractivity contribution >= 4 is 23.2 Å². The van der Waals surface area contributed by atoms with Gasteiger partial charge in [-0.25, -0.2) is 0 Å². The number of ether oxygens (including phenoxy) is 1. The van der Waals surface area contributed by atoms with Crippen LogP contribution in [0.4, 0.5) is 0 Å². The summed E-state index contributed by atoms with van der Waals surface area (Å²) < 4.78 is 5.07. The molecule has 2 N–H and O–H groups in total. The zero-order valence-electron chi connectivity index (χ0n) is 9.26. The highest BCUT2D eigenvalue weighted by atomic mass is 35.5. The molecule has 0 radical (unpaired) electrons. The zero-order chi connectivity index (χ0) is 12.1. The van der Waals surface area contributed by atoms with Gasteiger partial charge in [-0.2, -0.15) is 0 Å². The molecule has 0 bridgehead atoms. The van der Waals surface area contributed by atoms with E-state index in [1.165, 1.54) is 7.11 Å². The van der Waals surface area contributed by atoms with E-state index >= 15 is 0 Å². The molecule has 0 aliphatic carbocycles. The highest BCUT2D eigenvalue weighted by molar-refractivity contribution is 6.37. The number of rotatable bonds is 5. The van der Waals surface area contributed by atoms with Gasteiger partial charge < -0.3 is 15.2 Å². The van der Waals surface area contributed by atoms with E-state index in [1.807, 2.05) is 7.05 Å². The largest absolute Gasteiger partial charge is 0.494 e. The monoisotopic (exact) mass is 263 g/mol. The molecule has 5 heteroatoms. The molecule has 0 aliphatic rings. The molecular weight excluding hydrogens is 249 g/mol. The van der Waals surface area contributed by atoms with Crippen LogP contribution in [0, 0.1) is 0 Å². The Hall–Kier alpha value is -0.480. The molecule has 90 valence electrons. The molecule has 0 aromatic heterocycles. The molecule has 3 nitrogen and oxygen atoms in total. The molecule has 0 aliphatic heterocycles. The van der Waals surface area contributed by atoms with E-state index < -0.39 is 0 Å². The second kappa shape index (κ2) is 6.30. The Morgan fingerprint density at radius 1 is 1.38 bits per heavy atom. The SMILES string of the molecule is CNC(CCO)c1cc(Cl)c(OC)c(Cl)c1. The average Bonchev–Trinajstić information content (AvgIpc) is 2.25. The van der Waals surface area contributed by atoms with E-state index in [1.54, 1.807) is 12.1 Å². The maximum atomic E-state index is 8.94. The Morgan fingerprint density at radius 2 is 1.94 bits per heavy atom. The summed E-state index contributed by atoms with van der Waals surface area (Å²) in [4.78, 5) is 0. The molecule has 0 saturated carbocycles. The highest BCUT2D eigenvalue weighted by Crippen LogP contribution is 2.35. The molecule has 1 aromatic carbocycles. The maximum absolute atomic E-state index is 8.94. The molecule has 1 aromatic rings. The standard InChI is InChI=1S/C11H15Cl2NO2/c1-14-10(3-4-15)7-5-8(12)11(16-2)9(13)6-7/h5-6,10,14-15H,3-4H2,1-2H3. The average molecular weight is 264 g/mol. The van der Waals surface area contributed by atoms with Gasteiger partial charge >= 0.3 is 0 Å². The van der Waals surface area contributed by atoms with Crippen LogP contribution in [0.1, 0.15) is 18.0 Å². The molecule has 0 fully saturated rings. The second-order valence-electron chi connectivity index (χ2n) is 3.37. The van der Waals surface area contributed by atoms with Crippen LogP contribution in [0.2, 0.25) is 10.0 Å². The van der Waals surface area contributed by atoms with E-state index in [2.05, 4.69) is 5.32 Å². The second-order valence-corrected chi connectivity index (χ2v) is 4.19. The Kier molecular flexibility index (Phi) is 5.35. The molecular formula is C11H15Cl2NO2. The fourth-order valence-corrected chi connectivity index (χ4v) is 2.24. The van der Waals surface area contributed by atoms with Crippen LogP contribution in [-0.2, 0) is 0 Å². The summed E-state index contributed by atoms with van der Waals surface area (Å²) in [5.41, 5.74) is 0.937. The van der Waals surface area contributed by atoms with Gasteiger partial charge in [0.05, 0.1) is 17.2 Å². The van der Waals surface area contributed by atoms with Gasteiger partial charge in [0.25, 0.3) is 0 Å².